The molecule has 2 aromatic rings. The molecule has 1 aromatic carbocycles. The van der Waals surface area contributed by atoms with Gasteiger partial charge in [0.2, 0.25) is 18.6 Å². The molecule has 1 saturated carbocycles. The molecule has 1 aliphatic carbocycles. The number of methoxy groups -OCH3 is 1. The summed E-state index contributed by atoms with van der Waals surface area (Å²) in [5.74, 6) is 1.98. The molecule has 1 fully saturated rings. The van der Waals surface area contributed by atoms with Crippen LogP contribution in [0, 0.1) is 5.92 Å². The Balaban J connectivity index is 1.48. The van der Waals surface area contributed by atoms with E-state index in [9.17, 15) is 9.59 Å². The highest BCUT2D eigenvalue weighted by Crippen LogP contribution is 2.33. The normalized spacial score (nSPS) is 14.6. The van der Waals surface area contributed by atoms with E-state index in [4.69, 9.17) is 18.6 Å². The van der Waals surface area contributed by atoms with Gasteiger partial charge < -0.3 is 28.4 Å². The van der Waals surface area contributed by atoms with Gasteiger partial charge in [-0.25, -0.2) is 0 Å². The number of fused-ring (bicyclic) bond motifs is 1. The minimum Gasteiger partial charge on any atom is -0.467 e. The molecule has 0 radical (unpaired) electrons. The van der Waals surface area contributed by atoms with Gasteiger partial charge in [-0.2, -0.15) is 0 Å². The minimum atomic E-state index is -0.144. The molecular formula is C22H26N2O6. The monoisotopic (exact) mass is 414 g/mol. The van der Waals surface area contributed by atoms with Gasteiger partial charge in [-0.1, -0.05) is 6.07 Å². The fourth-order valence-corrected chi connectivity index (χ4v) is 3.40. The molecule has 0 bridgehead atoms. The summed E-state index contributed by atoms with van der Waals surface area (Å²) in [4.78, 5) is 29.1. The fourth-order valence-electron chi connectivity index (χ4n) is 3.40. The van der Waals surface area contributed by atoms with Crippen LogP contribution in [0.1, 0.15) is 24.2 Å². The predicted octanol–water partition coefficient (Wildman–Crippen LogP) is 2.42. The molecule has 1 aliphatic heterocycles. The summed E-state index contributed by atoms with van der Waals surface area (Å²) in [6.07, 6.45) is 3.37. The number of ether oxygens (including phenoxy) is 3. The number of rotatable bonds is 10. The van der Waals surface area contributed by atoms with E-state index in [2.05, 4.69) is 0 Å². The molecule has 2 aliphatic rings. The molecule has 4 rings (SSSR count). The molecule has 0 N–H and O–H groups in total. The van der Waals surface area contributed by atoms with E-state index in [1.807, 2.05) is 24.3 Å². The summed E-state index contributed by atoms with van der Waals surface area (Å²) in [5, 5.41) is 0. The summed E-state index contributed by atoms with van der Waals surface area (Å²) in [6, 6.07) is 9.25. The maximum absolute atomic E-state index is 13.2. The van der Waals surface area contributed by atoms with Gasteiger partial charge in [0.1, 0.15) is 5.76 Å². The van der Waals surface area contributed by atoms with Gasteiger partial charge in [0, 0.05) is 26.1 Å². The van der Waals surface area contributed by atoms with Crippen molar-refractivity contribution in [1.82, 2.24) is 9.80 Å². The molecular weight excluding hydrogens is 388 g/mol. The van der Waals surface area contributed by atoms with Crippen molar-refractivity contribution in [3.63, 3.8) is 0 Å². The van der Waals surface area contributed by atoms with Crippen LogP contribution in [0.25, 0.3) is 0 Å². The highest BCUT2D eigenvalue weighted by molar-refractivity contribution is 5.87. The molecule has 8 nitrogen and oxygen atoms in total. The van der Waals surface area contributed by atoms with Crippen molar-refractivity contribution in [3.8, 4) is 11.5 Å². The third kappa shape index (κ3) is 4.94. The van der Waals surface area contributed by atoms with Crippen LogP contribution in [0.2, 0.25) is 0 Å². The lowest BCUT2D eigenvalue weighted by molar-refractivity contribution is -0.142. The van der Waals surface area contributed by atoms with E-state index in [1.54, 1.807) is 29.2 Å². The van der Waals surface area contributed by atoms with Crippen LogP contribution in [-0.4, -0.2) is 55.2 Å². The average molecular weight is 414 g/mol. The van der Waals surface area contributed by atoms with E-state index >= 15 is 0 Å². The second-order valence-corrected chi connectivity index (χ2v) is 7.54. The van der Waals surface area contributed by atoms with E-state index in [0.29, 0.717) is 43.5 Å². The van der Waals surface area contributed by atoms with Crippen LogP contribution in [0.15, 0.2) is 41.0 Å². The van der Waals surface area contributed by atoms with Crippen molar-refractivity contribution >= 4 is 11.8 Å². The lowest BCUT2D eigenvalue weighted by atomic mass is 10.1. The molecule has 30 heavy (non-hydrogen) atoms. The fraction of sp³-hybridized carbons (Fsp3) is 0.455. The first-order valence-electron chi connectivity index (χ1n) is 10.1. The molecule has 2 amide bonds. The molecule has 8 heteroatoms. The molecule has 0 saturated heterocycles. The van der Waals surface area contributed by atoms with Crippen molar-refractivity contribution in [2.75, 3.05) is 33.6 Å². The number of carbonyl (C=O) groups excluding carboxylic acids is 2. The van der Waals surface area contributed by atoms with Crippen molar-refractivity contribution in [3.05, 3.63) is 47.9 Å². The molecule has 1 aromatic heterocycles. The Bertz CT molecular complexity index is 878. The maximum atomic E-state index is 13.2. The summed E-state index contributed by atoms with van der Waals surface area (Å²) < 4.78 is 21.4. The number of amides is 2. The first kappa shape index (κ1) is 20.3. The third-order valence-corrected chi connectivity index (χ3v) is 5.22. The van der Waals surface area contributed by atoms with Gasteiger partial charge >= 0.3 is 0 Å². The van der Waals surface area contributed by atoms with Gasteiger partial charge in [-0.05, 0) is 42.7 Å². The van der Waals surface area contributed by atoms with Gasteiger partial charge in [0.25, 0.3) is 0 Å². The zero-order valence-electron chi connectivity index (χ0n) is 17.0. The number of hydrogen-bond donors (Lipinski definition) is 0. The highest BCUT2D eigenvalue weighted by atomic mass is 16.7. The standard InChI is InChI=1S/C22H26N2O6/c1-27-10-8-23(22(26)17-5-6-17)14-21(25)24(13-18-3-2-9-28-18)12-16-4-7-19-20(11-16)30-15-29-19/h2-4,7,9,11,17H,5-6,8,10,12-15H2,1H3. The molecule has 160 valence electrons. The van der Waals surface area contributed by atoms with Gasteiger partial charge in [0.05, 0.1) is 26.0 Å². The Kier molecular flexibility index (Phi) is 6.23. The van der Waals surface area contributed by atoms with Gasteiger partial charge in [-0.3, -0.25) is 9.59 Å². The van der Waals surface area contributed by atoms with E-state index in [-0.39, 0.29) is 31.1 Å². The lowest BCUT2D eigenvalue weighted by Gasteiger charge is -2.27. The highest BCUT2D eigenvalue weighted by Gasteiger charge is 2.34. The van der Waals surface area contributed by atoms with Crippen LogP contribution < -0.4 is 9.47 Å². The largest absolute Gasteiger partial charge is 0.467 e. The summed E-state index contributed by atoms with van der Waals surface area (Å²) in [6.45, 7) is 1.69. The van der Waals surface area contributed by atoms with Gasteiger partial charge in [-0.15, -0.1) is 0 Å². The number of hydrogen-bond acceptors (Lipinski definition) is 6. The average Bonchev–Trinajstić information content (AvgIpc) is 3.27. The summed E-state index contributed by atoms with van der Waals surface area (Å²) >= 11 is 0. The summed E-state index contributed by atoms with van der Waals surface area (Å²) in [7, 11) is 1.59. The van der Waals surface area contributed by atoms with Crippen molar-refractivity contribution in [2.45, 2.75) is 25.9 Å². The molecule has 0 spiro atoms. The molecule has 0 unspecified atom stereocenters. The summed E-state index contributed by atoms with van der Waals surface area (Å²) in [5.41, 5.74) is 0.913. The lowest BCUT2D eigenvalue weighted by Crippen LogP contribution is -2.44. The Morgan fingerprint density at radius 1 is 1.10 bits per heavy atom. The quantitative estimate of drug-likeness (QED) is 0.594. The first-order valence-corrected chi connectivity index (χ1v) is 10.1. The van der Waals surface area contributed by atoms with Crippen molar-refractivity contribution in [1.29, 1.82) is 0 Å². The van der Waals surface area contributed by atoms with Crippen LogP contribution in [0.4, 0.5) is 0 Å². The zero-order valence-corrected chi connectivity index (χ0v) is 17.0. The zero-order chi connectivity index (χ0) is 20.9. The van der Waals surface area contributed by atoms with E-state index in [0.717, 1.165) is 18.4 Å². The third-order valence-electron chi connectivity index (χ3n) is 5.22. The molecule has 2 heterocycles. The Morgan fingerprint density at radius 2 is 1.93 bits per heavy atom. The second kappa shape index (κ2) is 9.21. The van der Waals surface area contributed by atoms with Gasteiger partial charge in [0.15, 0.2) is 11.5 Å². The second-order valence-electron chi connectivity index (χ2n) is 7.54. The topological polar surface area (TPSA) is 81.5 Å². The minimum absolute atomic E-state index is 0.0178. The Morgan fingerprint density at radius 3 is 2.67 bits per heavy atom. The smallest absolute Gasteiger partial charge is 0.242 e. The predicted molar refractivity (Wildman–Crippen MR) is 107 cm³/mol. The van der Waals surface area contributed by atoms with Crippen LogP contribution >= 0.6 is 0 Å². The number of furan rings is 1. The van der Waals surface area contributed by atoms with Crippen LogP contribution in [0.3, 0.4) is 0 Å². The van der Waals surface area contributed by atoms with E-state index in [1.165, 1.54) is 0 Å². The maximum Gasteiger partial charge on any atom is 0.242 e. The van der Waals surface area contributed by atoms with Crippen molar-refractivity contribution in [2.24, 2.45) is 5.92 Å². The first-order chi connectivity index (χ1) is 14.6. The number of benzene rings is 1. The number of nitrogens with zero attached hydrogens (tertiary/aromatic N) is 2. The van der Waals surface area contributed by atoms with E-state index < -0.39 is 0 Å². The Labute approximate surface area is 175 Å². The number of carbonyl (C=O) groups is 2. The van der Waals surface area contributed by atoms with Crippen LogP contribution in [-0.2, 0) is 27.4 Å². The van der Waals surface area contributed by atoms with Crippen molar-refractivity contribution < 1.29 is 28.2 Å². The van der Waals surface area contributed by atoms with Crippen LogP contribution in [0.5, 0.6) is 11.5 Å². The molecule has 0 atom stereocenters. The Hall–Kier alpha value is -3.00. The SMILES string of the molecule is COCCN(CC(=O)N(Cc1ccc2c(c1)OCO2)Cc1ccco1)C(=O)C1CC1.